The molecule has 1 aliphatic rings. The first-order valence-electron chi connectivity index (χ1n) is 8.48. The molecule has 2 aromatic rings. The first-order chi connectivity index (χ1) is 11.4. The number of amides is 1. The van der Waals surface area contributed by atoms with Crippen LogP contribution in [0, 0.1) is 0 Å². The molecule has 0 spiro atoms. The molecule has 3 rings (SSSR count). The highest BCUT2D eigenvalue weighted by molar-refractivity contribution is 5.77. The SMILES string of the molecule is CC(C)(C)c1noc(CCC(=O)N2CCC[C@H]2c2ccccn2)n1. The first-order valence-corrected chi connectivity index (χ1v) is 8.48. The molecule has 6 nitrogen and oxygen atoms in total. The Morgan fingerprint density at radius 3 is 2.88 bits per heavy atom. The molecule has 6 heteroatoms. The van der Waals surface area contributed by atoms with Crippen LogP contribution in [0.15, 0.2) is 28.9 Å². The monoisotopic (exact) mass is 328 g/mol. The van der Waals surface area contributed by atoms with E-state index < -0.39 is 0 Å². The minimum atomic E-state index is -0.148. The highest BCUT2D eigenvalue weighted by Gasteiger charge is 2.30. The van der Waals surface area contributed by atoms with Crippen molar-refractivity contribution >= 4 is 5.91 Å². The van der Waals surface area contributed by atoms with E-state index in [1.807, 2.05) is 43.9 Å². The van der Waals surface area contributed by atoms with E-state index in [1.165, 1.54) is 0 Å². The Balaban J connectivity index is 1.61. The summed E-state index contributed by atoms with van der Waals surface area (Å²) in [5, 5.41) is 4.00. The highest BCUT2D eigenvalue weighted by Crippen LogP contribution is 2.31. The van der Waals surface area contributed by atoms with Gasteiger partial charge in [0.15, 0.2) is 5.82 Å². The predicted molar refractivity (Wildman–Crippen MR) is 89.2 cm³/mol. The third-order valence-corrected chi connectivity index (χ3v) is 4.29. The normalized spacial score (nSPS) is 18.1. The summed E-state index contributed by atoms with van der Waals surface area (Å²) in [7, 11) is 0. The van der Waals surface area contributed by atoms with Gasteiger partial charge in [-0.2, -0.15) is 4.98 Å². The van der Waals surface area contributed by atoms with Crippen LogP contribution in [0.25, 0.3) is 0 Å². The van der Waals surface area contributed by atoms with Crippen LogP contribution in [-0.2, 0) is 16.6 Å². The molecule has 3 heterocycles. The van der Waals surface area contributed by atoms with E-state index in [1.54, 1.807) is 6.20 Å². The van der Waals surface area contributed by atoms with Gasteiger partial charge < -0.3 is 9.42 Å². The average molecular weight is 328 g/mol. The summed E-state index contributed by atoms with van der Waals surface area (Å²) in [5.41, 5.74) is 0.821. The number of hydrogen-bond donors (Lipinski definition) is 0. The van der Waals surface area contributed by atoms with Crippen molar-refractivity contribution in [3.05, 3.63) is 41.8 Å². The van der Waals surface area contributed by atoms with Gasteiger partial charge in [0.1, 0.15) is 0 Å². The number of hydrogen-bond acceptors (Lipinski definition) is 5. The van der Waals surface area contributed by atoms with Crippen LogP contribution in [0.5, 0.6) is 0 Å². The molecule has 1 aliphatic heterocycles. The van der Waals surface area contributed by atoms with E-state index >= 15 is 0 Å². The maximum Gasteiger partial charge on any atom is 0.227 e. The molecule has 0 bridgehead atoms. The number of likely N-dealkylation sites (tertiary alicyclic amines) is 1. The number of rotatable bonds is 4. The molecule has 2 aromatic heterocycles. The smallest absolute Gasteiger partial charge is 0.227 e. The van der Waals surface area contributed by atoms with Gasteiger partial charge in [-0.25, -0.2) is 0 Å². The fourth-order valence-corrected chi connectivity index (χ4v) is 2.96. The van der Waals surface area contributed by atoms with Crippen LogP contribution in [0.3, 0.4) is 0 Å². The van der Waals surface area contributed by atoms with Crippen molar-refractivity contribution in [2.45, 2.75) is 57.9 Å². The minimum Gasteiger partial charge on any atom is -0.339 e. The first kappa shape index (κ1) is 16.6. The van der Waals surface area contributed by atoms with E-state index in [2.05, 4.69) is 15.1 Å². The third kappa shape index (κ3) is 3.63. The van der Waals surface area contributed by atoms with E-state index in [-0.39, 0.29) is 17.4 Å². The van der Waals surface area contributed by atoms with Crippen LogP contribution < -0.4 is 0 Å². The number of nitrogens with zero attached hydrogens (tertiary/aromatic N) is 4. The number of carbonyl (C=O) groups is 1. The van der Waals surface area contributed by atoms with Crippen LogP contribution >= 0.6 is 0 Å². The Morgan fingerprint density at radius 2 is 2.21 bits per heavy atom. The predicted octanol–water partition coefficient (Wildman–Crippen LogP) is 3.06. The van der Waals surface area contributed by atoms with Crippen LogP contribution in [-0.4, -0.2) is 32.5 Å². The molecule has 1 amide bonds. The third-order valence-electron chi connectivity index (χ3n) is 4.29. The standard InChI is InChI=1S/C18H24N4O2/c1-18(2,3)17-20-15(24-21-17)9-10-16(23)22-12-6-8-14(22)13-7-4-5-11-19-13/h4-5,7,11,14H,6,8-10,12H2,1-3H3/t14-/m0/s1. The fraction of sp³-hybridized carbons (Fsp3) is 0.556. The fourth-order valence-electron chi connectivity index (χ4n) is 2.96. The van der Waals surface area contributed by atoms with E-state index in [9.17, 15) is 4.79 Å². The zero-order valence-electron chi connectivity index (χ0n) is 14.5. The molecule has 128 valence electrons. The lowest BCUT2D eigenvalue weighted by atomic mass is 9.96. The Morgan fingerprint density at radius 1 is 1.38 bits per heavy atom. The van der Waals surface area contributed by atoms with Gasteiger partial charge in [0.05, 0.1) is 11.7 Å². The molecule has 1 saturated heterocycles. The van der Waals surface area contributed by atoms with Crippen molar-refractivity contribution in [2.75, 3.05) is 6.54 Å². The Kier molecular flexibility index (Phi) is 4.64. The molecular weight excluding hydrogens is 304 g/mol. The second kappa shape index (κ2) is 6.71. The molecule has 1 atom stereocenters. The molecule has 0 aliphatic carbocycles. The largest absolute Gasteiger partial charge is 0.339 e. The van der Waals surface area contributed by atoms with Crippen molar-refractivity contribution in [1.29, 1.82) is 0 Å². The Bertz CT molecular complexity index is 691. The molecule has 0 aromatic carbocycles. The summed E-state index contributed by atoms with van der Waals surface area (Å²) in [6.07, 6.45) is 4.63. The van der Waals surface area contributed by atoms with Crippen molar-refractivity contribution < 1.29 is 9.32 Å². The summed E-state index contributed by atoms with van der Waals surface area (Å²) in [4.78, 5) is 23.4. The van der Waals surface area contributed by atoms with Crippen molar-refractivity contribution in [2.24, 2.45) is 0 Å². The van der Waals surface area contributed by atoms with Crippen molar-refractivity contribution in [3.8, 4) is 0 Å². The molecular formula is C18H24N4O2. The summed E-state index contributed by atoms with van der Waals surface area (Å²) in [5.74, 6) is 1.33. The summed E-state index contributed by atoms with van der Waals surface area (Å²) >= 11 is 0. The van der Waals surface area contributed by atoms with Crippen LogP contribution in [0.1, 0.15) is 63.5 Å². The second-order valence-electron chi connectivity index (χ2n) is 7.26. The van der Waals surface area contributed by atoms with Gasteiger partial charge in [0.2, 0.25) is 11.8 Å². The van der Waals surface area contributed by atoms with Gasteiger partial charge in [-0.1, -0.05) is 32.0 Å². The van der Waals surface area contributed by atoms with Crippen LogP contribution in [0.2, 0.25) is 0 Å². The summed E-state index contributed by atoms with van der Waals surface area (Å²) in [6, 6.07) is 5.94. The van der Waals surface area contributed by atoms with E-state index in [0.717, 1.165) is 25.1 Å². The maximum absolute atomic E-state index is 12.6. The molecule has 0 radical (unpaired) electrons. The lowest BCUT2D eigenvalue weighted by Gasteiger charge is -2.24. The van der Waals surface area contributed by atoms with E-state index in [0.29, 0.717) is 24.6 Å². The maximum atomic E-state index is 12.6. The number of aromatic nitrogens is 3. The Labute approximate surface area is 142 Å². The van der Waals surface area contributed by atoms with Crippen LogP contribution in [0.4, 0.5) is 0 Å². The molecule has 0 N–H and O–H groups in total. The van der Waals surface area contributed by atoms with Crippen molar-refractivity contribution in [1.82, 2.24) is 20.0 Å². The molecule has 24 heavy (non-hydrogen) atoms. The quantitative estimate of drug-likeness (QED) is 0.862. The lowest BCUT2D eigenvalue weighted by Crippen LogP contribution is -2.31. The second-order valence-corrected chi connectivity index (χ2v) is 7.26. The molecule has 1 fully saturated rings. The highest BCUT2D eigenvalue weighted by atomic mass is 16.5. The number of aryl methyl sites for hydroxylation is 1. The van der Waals surface area contributed by atoms with E-state index in [4.69, 9.17) is 4.52 Å². The van der Waals surface area contributed by atoms with Gasteiger partial charge in [-0.3, -0.25) is 9.78 Å². The lowest BCUT2D eigenvalue weighted by molar-refractivity contribution is -0.132. The number of carbonyl (C=O) groups excluding carboxylic acids is 1. The van der Waals surface area contributed by atoms with Gasteiger partial charge >= 0.3 is 0 Å². The summed E-state index contributed by atoms with van der Waals surface area (Å²) in [6.45, 7) is 6.90. The summed E-state index contributed by atoms with van der Waals surface area (Å²) < 4.78 is 5.27. The number of pyridine rings is 1. The Hall–Kier alpha value is -2.24. The van der Waals surface area contributed by atoms with Gasteiger partial charge in [-0.05, 0) is 25.0 Å². The zero-order valence-corrected chi connectivity index (χ0v) is 14.5. The van der Waals surface area contributed by atoms with Gasteiger partial charge in [0, 0.05) is 31.0 Å². The minimum absolute atomic E-state index is 0.0894. The molecule has 0 unspecified atom stereocenters. The topological polar surface area (TPSA) is 72.1 Å². The van der Waals surface area contributed by atoms with Gasteiger partial charge in [0.25, 0.3) is 0 Å². The average Bonchev–Trinajstić information content (AvgIpc) is 3.22. The van der Waals surface area contributed by atoms with Gasteiger partial charge in [-0.15, -0.1) is 0 Å². The zero-order chi connectivity index (χ0) is 17.2. The molecule has 0 saturated carbocycles. The van der Waals surface area contributed by atoms with Crippen molar-refractivity contribution in [3.63, 3.8) is 0 Å².